The molecule has 0 aromatic rings. The van der Waals surface area contributed by atoms with Gasteiger partial charge >= 0.3 is 0 Å². The third kappa shape index (κ3) is 3.42. The first-order valence-electron chi connectivity index (χ1n) is 6.89. The van der Waals surface area contributed by atoms with E-state index in [1.54, 1.807) is 0 Å². The van der Waals surface area contributed by atoms with Crippen LogP contribution in [0.4, 0.5) is 0 Å². The molecule has 2 fully saturated rings. The number of nitrogens with zero attached hydrogens (tertiary/aromatic N) is 2. The van der Waals surface area contributed by atoms with Gasteiger partial charge in [0.15, 0.2) is 0 Å². The Morgan fingerprint density at radius 3 is 2.59 bits per heavy atom. The molecular formula is C13H25N3O. The van der Waals surface area contributed by atoms with Crippen LogP contribution in [-0.4, -0.2) is 61.0 Å². The van der Waals surface area contributed by atoms with E-state index in [9.17, 15) is 4.79 Å². The third-order valence-corrected chi connectivity index (χ3v) is 4.05. The molecule has 0 bridgehead atoms. The molecule has 4 nitrogen and oxygen atoms in total. The molecule has 1 amide bonds. The van der Waals surface area contributed by atoms with Gasteiger partial charge in [0.2, 0.25) is 5.91 Å². The van der Waals surface area contributed by atoms with Crippen LogP contribution in [0, 0.1) is 5.92 Å². The zero-order valence-electron chi connectivity index (χ0n) is 11.1. The molecule has 0 aromatic heterocycles. The third-order valence-electron chi connectivity index (χ3n) is 4.05. The molecular weight excluding hydrogens is 214 g/mol. The Labute approximate surface area is 104 Å². The first-order chi connectivity index (χ1) is 8.16. The molecule has 0 atom stereocenters. The summed E-state index contributed by atoms with van der Waals surface area (Å²) in [7, 11) is 0. The second-order valence-corrected chi connectivity index (χ2v) is 5.59. The fourth-order valence-electron chi connectivity index (χ4n) is 2.80. The van der Waals surface area contributed by atoms with E-state index in [0.717, 1.165) is 19.6 Å². The summed E-state index contributed by atoms with van der Waals surface area (Å²) in [5.41, 5.74) is 0. The molecule has 0 saturated carbocycles. The molecule has 0 unspecified atom stereocenters. The summed E-state index contributed by atoms with van der Waals surface area (Å²) in [6.45, 7) is 10.3. The second kappa shape index (κ2) is 5.83. The Bertz CT molecular complexity index is 259. The van der Waals surface area contributed by atoms with Crippen molar-refractivity contribution in [2.24, 2.45) is 5.92 Å². The van der Waals surface area contributed by atoms with Crippen LogP contribution in [0.2, 0.25) is 0 Å². The van der Waals surface area contributed by atoms with Gasteiger partial charge in [-0.3, -0.25) is 4.79 Å². The SMILES string of the molecule is CC(C)N1CCC(CN2CCNCC2=O)CC1. The molecule has 0 aromatic carbocycles. The lowest BCUT2D eigenvalue weighted by molar-refractivity contribution is -0.132. The van der Waals surface area contributed by atoms with E-state index in [4.69, 9.17) is 0 Å². The molecule has 17 heavy (non-hydrogen) atoms. The van der Waals surface area contributed by atoms with Crippen molar-refractivity contribution >= 4 is 5.91 Å². The molecule has 0 radical (unpaired) electrons. The lowest BCUT2D eigenvalue weighted by Gasteiger charge is -2.37. The standard InChI is InChI=1S/C13H25N3O/c1-11(2)15-6-3-12(4-7-15)10-16-8-5-14-9-13(16)17/h11-12,14H,3-10H2,1-2H3. The van der Waals surface area contributed by atoms with Crippen LogP contribution in [0.1, 0.15) is 26.7 Å². The molecule has 2 saturated heterocycles. The van der Waals surface area contributed by atoms with E-state index in [1.165, 1.54) is 25.9 Å². The molecule has 0 aliphatic carbocycles. The maximum Gasteiger partial charge on any atom is 0.236 e. The number of likely N-dealkylation sites (tertiary alicyclic amines) is 1. The van der Waals surface area contributed by atoms with Crippen molar-refractivity contribution in [3.8, 4) is 0 Å². The Kier molecular flexibility index (Phi) is 4.40. The number of hydrogen-bond donors (Lipinski definition) is 1. The van der Waals surface area contributed by atoms with Crippen molar-refractivity contribution in [2.75, 3.05) is 39.3 Å². The molecule has 98 valence electrons. The number of rotatable bonds is 3. The molecule has 2 aliphatic rings. The highest BCUT2D eigenvalue weighted by atomic mass is 16.2. The van der Waals surface area contributed by atoms with E-state index in [1.807, 2.05) is 4.90 Å². The van der Waals surface area contributed by atoms with Crippen LogP contribution >= 0.6 is 0 Å². The number of carbonyl (C=O) groups excluding carboxylic acids is 1. The highest BCUT2D eigenvalue weighted by Gasteiger charge is 2.25. The fraction of sp³-hybridized carbons (Fsp3) is 0.923. The van der Waals surface area contributed by atoms with Crippen molar-refractivity contribution in [2.45, 2.75) is 32.7 Å². The molecule has 0 spiro atoms. The normalized spacial score (nSPS) is 24.6. The van der Waals surface area contributed by atoms with E-state index in [-0.39, 0.29) is 5.91 Å². The van der Waals surface area contributed by atoms with Crippen molar-refractivity contribution in [1.82, 2.24) is 15.1 Å². The monoisotopic (exact) mass is 239 g/mol. The van der Waals surface area contributed by atoms with Crippen LogP contribution in [-0.2, 0) is 4.79 Å². The lowest BCUT2D eigenvalue weighted by Crippen LogP contribution is -2.50. The minimum absolute atomic E-state index is 0.280. The molecule has 1 N–H and O–H groups in total. The van der Waals surface area contributed by atoms with Crippen LogP contribution in [0.5, 0.6) is 0 Å². The first-order valence-corrected chi connectivity index (χ1v) is 6.89. The van der Waals surface area contributed by atoms with Crippen molar-refractivity contribution in [3.05, 3.63) is 0 Å². The zero-order valence-corrected chi connectivity index (χ0v) is 11.1. The van der Waals surface area contributed by atoms with E-state index >= 15 is 0 Å². The summed E-state index contributed by atoms with van der Waals surface area (Å²) in [6, 6.07) is 0.664. The number of carbonyl (C=O) groups is 1. The van der Waals surface area contributed by atoms with Gasteiger partial charge in [-0.1, -0.05) is 0 Å². The highest BCUT2D eigenvalue weighted by molar-refractivity contribution is 5.78. The maximum absolute atomic E-state index is 11.7. The number of piperazine rings is 1. The summed E-state index contributed by atoms with van der Waals surface area (Å²) >= 11 is 0. The largest absolute Gasteiger partial charge is 0.340 e. The average Bonchev–Trinajstić information content (AvgIpc) is 2.33. The summed E-state index contributed by atoms with van der Waals surface area (Å²) in [6.07, 6.45) is 2.49. The van der Waals surface area contributed by atoms with Crippen molar-refractivity contribution in [3.63, 3.8) is 0 Å². The zero-order chi connectivity index (χ0) is 12.3. The number of hydrogen-bond acceptors (Lipinski definition) is 3. The Hall–Kier alpha value is -0.610. The molecule has 4 heteroatoms. The van der Waals surface area contributed by atoms with Gasteiger partial charge in [0.05, 0.1) is 6.54 Å². The summed E-state index contributed by atoms with van der Waals surface area (Å²) in [5.74, 6) is 0.995. The van der Waals surface area contributed by atoms with E-state index in [0.29, 0.717) is 18.5 Å². The molecule has 2 rings (SSSR count). The number of piperidine rings is 1. The number of amides is 1. The van der Waals surface area contributed by atoms with Gasteiger partial charge in [-0.15, -0.1) is 0 Å². The second-order valence-electron chi connectivity index (χ2n) is 5.59. The summed E-state index contributed by atoms with van der Waals surface area (Å²) < 4.78 is 0. The highest BCUT2D eigenvalue weighted by Crippen LogP contribution is 2.20. The van der Waals surface area contributed by atoms with Gasteiger partial charge in [0, 0.05) is 25.7 Å². The van der Waals surface area contributed by atoms with Crippen molar-refractivity contribution < 1.29 is 4.79 Å². The van der Waals surface area contributed by atoms with Gasteiger partial charge in [0.1, 0.15) is 0 Å². The van der Waals surface area contributed by atoms with Gasteiger partial charge in [-0.05, 0) is 45.7 Å². The summed E-state index contributed by atoms with van der Waals surface area (Å²) in [5, 5.41) is 3.12. The molecule has 2 aliphatic heterocycles. The predicted molar refractivity (Wildman–Crippen MR) is 68.9 cm³/mol. The van der Waals surface area contributed by atoms with Crippen LogP contribution in [0.15, 0.2) is 0 Å². The lowest BCUT2D eigenvalue weighted by atomic mass is 9.95. The number of nitrogens with one attached hydrogen (secondary N) is 1. The topological polar surface area (TPSA) is 35.6 Å². The Morgan fingerprint density at radius 1 is 1.29 bits per heavy atom. The Morgan fingerprint density at radius 2 is 2.00 bits per heavy atom. The first kappa shape index (κ1) is 12.8. The van der Waals surface area contributed by atoms with E-state index < -0.39 is 0 Å². The summed E-state index contributed by atoms with van der Waals surface area (Å²) in [4.78, 5) is 16.3. The predicted octanol–water partition coefficient (Wildman–Crippen LogP) is 0.539. The minimum Gasteiger partial charge on any atom is -0.340 e. The minimum atomic E-state index is 0.280. The van der Waals surface area contributed by atoms with Gasteiger partial charge in [0.25, 0.3) is 0 Å². The smallest absolute Gasteiger partial charge is 0.236 e. The van der Waals surface area contributed by atoms with Crippen LogP contribution in [0.25, 0.3) is 0 Å². The fourth-order valence-corrected chi connectivity index (χ4v) is 2.80. The van der Waals surface area contributed by atoms with E-state index in [2.05, 4.69) is 24.1 Å². The average molecular weight is 239 g/mol. The van der Waals surface area contributed by atoms with Crippen molar-refractivity contribution in [1.29, 1.82) is 0 Å². The maximum atomic E-state index is 11.7. The van der Waals surface area contributed by atoms with Crippen LogP contribution < -0.4 is 5.32 Å². The Balaban J connectivity index is 1.75. The van der Waals surface area contributed by atoms with Gasteiger partial charge in [-0.25, -0.2) is 0 Å². The molecule has 2 heterocycles. The van der Waals surface area contributed by atoms with Gasteiger partial charge < -0.3 is 15.1 Å². The quantitative estimate of drug-likeness (QED) is 0.781. The van der Waals surface area contributed by atoms with Crippen LogP contribution in [0.3, 0.4) is 0 Å². The van der Waals surface area contributed by atoms with Gasteiger partial charge in [-0.2, -0.15) is 0 Å².